The van der Waals surface area contributed by atoms with Crippen LogP contribution in [0.4, 0.5) is 4.79 Å². The monoisotopic (exact) mass is 484 g/mol. The van der Waals surface area contributed by atoms with Gasteiger partial charge >= 0.3 is 12.1 Å². The molecule has 1 aliphatic heterocycles. The Balaban J connectivity index is 1.43. The number of carboxylic acid groups (broad SMARTS) is 1. The molecule has 4 rings (SSSR count). The van der Waals surface area contributed by atoms with Gasteiger partial charge in [-0.15, -0.1) is 11.8 Å². The van der Waals surface area contributed by atoms with Crippen molar-refractivity contribution in [2.24, 2.45) is 0 Å². The fourth-order valence-electron chi connectivity index (χ4n) is 4.48. The zero-order valence-corrected chi connectivity index (χ0v) is 19.9. The number of hydrogen-bond acceptors (Lipinski definition) is 6. The lowest BCUT2D eigenvalue weighted by molar-refractivity contribution is -0.139. The van der Waals surface area contributed by atoms with Crippen LogP contribution in [-0.2, 0) is 19.1 Å². The van der Waals surface area contributed by atoms with Gasteiger partial charge in [0.2, 0.25) is 5.91 Å². The molecule has 1 fully saturated rings. The van der Waals surface area contributed by atoms with E-state index in [1.54, 1.807) is 6.92 Å². The Morgan fingerprint density at radius 2 is 1.74 bits per heavy atom. The van der Waals surface area contributed by atoms with Crippen LogP contribution in [0, 0.1) is 0 Å². The molecule has 2 aromatic rings. The van der Waals surface area contributed by atoms with Crippen LogP contribution in [0.2, 0.25) is 0 Å². The quantitative estimate of drug-likeness (QED) is 0.623. The van der Waals surface area contributed by atoms with Gasteiger partial charge in [0.05, 0.1) is 6.10 Å². The van der Waals surface area contributed by atoms with Gasteiger partial charge in [0, 0.05) is 31.9 Å². The maximum absolute atomic E-state index is 13.2. The summed E-state index contributed by atoms with van der Waals surface area (Å²) in [5, 5.41) is 11.3. The van der Waals surface area contributed by atoms with E-state index in [-0.39, 0.29) is 25.0 Å². The number of nitrogens with one attached hydrogen (secondary N) is 1. The number of nitrogens with zero attached hydrogens (tertiary/aromatic N) is 1. The summed E-state index contributed by atoms with van der Waals surface area (Å²) in [5.74, 6) is -0.915. The number of fused-ring (bicyclic) bond motifs is 3. The molecule has 0 aromatic heterocycles. The zero-order valence-electron chi connectivity index (χ0n) is 19.1. The van der Waals surface area contributed by atoms with E-state index in [4.69, 9.17) is 9.47 Å². The predicted molar refractivity (Wildman–Crippen MR) is 129 cm³/mol. The number of methoxy groups -OCH3 is 1. The summed E-state index contributed by atoms with van der Waals surface area (Å²) in [6, 6.07) is 15.1. The van der Waals surface area contributed by atoms with Gasteiger partial charge in [-0.1, -0.05) is 48.5 Å². The highest BCUT2D eigenvalue weighted by Crippen LogP contribution is 2.44. The summed E-state index contributed by atoms with van der Waals surface area (Å²) in [6.45, 7) is 2.30. The average molecular weight is 485 g/mol. The fraction of sp³-hybridized carbons (Fsp3) is 0.400. The van der Waals surface area contributed by atoms with Crippen LogP contribution in [0.1, 0.15) is 24.0 Å². The van der Waals surface area contributed by atoms with Crippen LogP contribution in [0.5, 0.6) is 0 Å². The van der Waals surface area contributed by atoms with Crippen LogP contribution >= 0.6 is 11.8 Å². The van der Waals surface area contributed by atoms with Gasteiger partial charge in [0.15, 0.2) is 0 Å². The second-order valence-corrected chi connectivity index (χ2v) is 9.68. The lowest BCUT2D eigenvalue weighted by Crippen LogP contribution is -2.57. The summed E-state index contributed by atoms with van der Waals surface area (Å²) >= 11 is 1.31. The lowest BCUT2D eigenvalue weighted by Gasteiger charge is -2.34. The highest BCUT2D eigenvalue weighted by atomic mass is 32.2. The Bertz CT molecular complexity index is 1030. The first kappa shape index (κ1) is 24.1. The van der Waals surface area contributed by atoms with Gasteiger partial charge in [-0.3, -0.25) is 9.59 Å². The van der Waals surface area contributed by atoms with Crippen molar-refractivity contribution in [1.82, 2.24) is 10.2 Å². The van der Waals surface area contributed by atoms with Gasteiger partial charge in [0.1, 0.15) is 17.9 Å². The molecule has 3 atom stereocenters. The number of benzene rings is 2. The highest BCUT2D eigenvalue weighted by molar-refractivity contribution is 8.00. The zero-order chi connectivity index (χ0) is 24.2. The van der Waals surface area contributed by atoms with Gasteiger partial charge in [-0.2, -0.15) is 0 Å². The molecular formula is C25H28N2O6S. The Hall–Kier alpha value is -3.04. The summed E-state index contributed by atoms with van der Waals surface area (Å²) in [4.78, 5) is 38.8. The average Bonchev–Trinajstić information content (AvgIpc) is 3.19. The van der Waals surface area contributed by atoms with Gasteiger partial charge in [-0.25, -0.2) is 4.79 Å². The molecule has 8 nitrogen and oxygen atoms in total. The minimum atomic E-state index is -0.988. The number of alkyl carbamates (subject to hydrolysis) is 1. The minimum absolute atomic E-state index is 0.0815. The Labute approximate surface area is 202 Å². The fourth-order valence-corrected chi connectivity index (χ4v) is 5.52. The van der Waals surface area contributed by atoms with Crippen molar-refractivity contribution in [3.8, 4) is 11.1 Å². The first-order valence-corrected chi connectivity index (χ1v) is 12.2. The van der Waals surface area contributed by atoms with Crippen molar-refractivity contribution >= 4 is 29.7 Å². The lowest BCUT2D eigenvalue weighted by atomic mass is 9.98. The van der Waals surface area contributed by atoms with Crippen molar-refractivity contribution in [1.29, 1.82) is 0 Å². The van der Waals surface area contributed by atoms with Gasteiger partial charge < -0.3 is 24.8 Å². The molecule has 34 heavy (non-hydrogen) atoms. The van der Waals surface area contributed by atoms with E-state index in [9.17, 15) is 19.5 Å². The maximum atomic E-state index is 13.2. The number of thioether (sulfide) groups is 1. The van der Waals surface area contributed by atoms with Crippen molar-refractivity contribution < 1.29 is 29.0 Å². The van der Waals surface area contributed by atoms with Crippen LogP contribution in [0.25, 0.3) is 11.1 Å². The van der Waals surface area contributed by atoms with Crippen LogP contribution < -0.4 is 5.32 Å². The van der Waals surface area contributed by atoms with Crippen LogP contribution in [0.15, 0.2) is 48.5 Å². The predicted octanol–water partition coefficient (Wildman–Crippen LogP) is 2.96. The molecule has 0 saturated carbocycles. The minimum Gasteiger partial charge on any atom is -0.480 e. The van der Waals surface area contributed by atoms with Crippen molar-refractivity contribution in [2.75, 3.05) is 32.6 Å². The Kier molecular flexibility index (Phi) is 7.43. The molecule has 180 valence electrons. The normalized spacial score (nSPS) is 19.0. The molecule has 9 heteroatoms. The molecule has 1 heterocycles. The van der Waals surface area contributed by atoms with E-state index >= 15 is 0 Å². The first-order valence-electron chi connectivity index (χ1n) is 11.2. The summed E-state index contributed by atoms with van der Waals surface area (Å²) in [6.07, 6.45) is -1.34. The largest absolute Gasteiger partial charge is 0.480 e. The number of carbonyl (C=O) groups is 3. The third kappa shape index (κ3) is 4.90. The number of amides is 2. The SMILES string of the molecule is CO[C@H](C)[C@H](NC(=O)OCC1c2ccccc2-c2ccccc21)C(=O)N1CCSC(C(=O)O)C1. The number of carbonyl (C=O) groups excluding carboxylic acids is 2. The van der Waals surface area contributed by atoms with E-state index in [0.717, 1.165) is 22.3 Å². The number of carboxylic acids is 1. The van der Waals surface area contributed by atoms with Crippen LogP contribution in [-0.4, -0.2) is 77.9 Å². The number of aliphatic carboxylic acids is 1. The Morgan fingerprint density at radius 3 is 2.32 bits per heavy atom. The molecule has 1 unspecified atom stereocenters. The van der Waals surface area contributed by atoms with Crippen molar-refractivity contribution in [3.05, 3.63) is 59.7 Å². The third-order valence-corrected chi connectivity index (χ3v) is 7.55. The topological polar surface area (TPSA) is 105 Å². The maximum Gasteiger partial charge on any atom is 0.407 e. The van der Waals surface area contributed by atoms with Gasteiger partial charge in [0.25, 0.3) is 0 Å². The third-order valence-electron chi connectivity index (χ3n) is 6.38. The van der Waals surface area contributed by atoms with Crippen molar-refractivity contribution in [3.63, 3.8) is 0 Å². The van der Waals surface area contributed by atoms with E-state index in [2.05, 4.69) is 17.4 Å². The molecular weight excluding hydrogens is 456 g/mol. The number of hydrogen-bond donors (Lipinski definition) is 2. The molecule has 2 amide bonds. The molecule has 1 aliphatic carbocycles. The molecule has 0 spiro atoms. The first-order chi connectivity index (χ1) is 16.4. The number of ether oxygens (including phenoxy) is 2. The molecule has 1 saturated heterocycles. The van der Waals surface area contributed by atoms with E-state index in [0.29, 0.717) is 12.3 Å². The molecule has 2 aliphatic rings. The summed E-state index contributed by atoms with van der Waals surface area (Å²) in [5.41, 5.74) is 4.45. The highest BCUT2D eigenvalue weighted by Gasteiger charge is 2.36. The standard InChI is InChI=1S/C25H28N2O6S/c1-15(32-2)22(23(28)27-11-12-34-21(13-27)24(29)30)26-25(31)33-14-20-18-9-5-3-7-16(18)17-8-4-6-10-19(17)20/h3-10,15,20-22H,11-14H2,1-2H3,(H,26,31)(H,29,30)/t15-,21?,22+/m1/s1. The smallest absolute Gasteiger partial charge is 0.407 e. The second kappa shape index (κ2) is 10.5. The second-order valence-electron chi connectivity index (χ2n) is 8.37. The molecule has 0 radical (unpaired) electrons. The van der Waals surface area contributed by atoms with E-state index in [1.807, 2.05) is 36.4 Å². The molecule has 2 N–H and O–H groups in total. The van der Waals surface area contributed by atoms with Crippen molar-refractivity contribution in [2.45, 2.75) is 30.2 Å². The molecule has 2 aromatic carbocycles. The summed E-state index contributed by atoms with van der Waals surface area (Å²) < 4.78 is 10.9. The molecule has 0 bridgehead atoms. The van der Waals surface area contributed by atoms with E-state index < -0.39 is 29.5 Å². The van der Waals surface area contributed by atoms with Gasteiger partial charge in [-0.05, 0) is 29.2 Å². The van der Waals surface area contributed by atoms with Crippen LogP contribution in [0.3, 0.4) is 0 Å². The Morgan fingerprint density at radius 1 is 1.12 bits per heavy atom. The number of rotatable bonds is 7. The summed E-state index contributed by atoms with van der Waals surface area (Å²) in [7, 11) is 1.45. The van der Waals surface area contributed by atoms with E-state index in [1.165, 1.54) is 23.8 Å².